The molecule has 0 fully saturated rings. The molecule has 0 radical (unpaired) electrons. The van der Waals surface area contributed by atoms with Gasteiger partial charge in [-0.3, -0.25) is 10.2 Å². The Balaban J connectivity index is 4.40. The molecule has 1 amide bonds. The van der Waals surface area contributed by atoms with E-state index in [9.17, 15) is 13.2 Å². The van der Waals surface area contributed by atoms with E-state index >= 15 is 0 Å². The lowest BCUT2D eigenvalue weighted by Gasteiger charge is -2.21. The average Bonchev–Trinajstić information content (AvgIpc) is 2.08. The summed E-state index contributed by atoms with van der Waals surface area (Å²) in [5.74, 6) is 0.142. The van der Waals surface area contributed by atoms with Crippen molar-refractivity contribution in [1.82, 2.24) is 10.3 Å². The lowest BCUT2D eigenvalue weighted by atomic mass is 9.87. The zero-order chi connectivity index (χ0) is 12.9. The Kier molecular flexibility index (Phi) is 5.96. The van der Waals surface area contributed by atoms with Gasteiger partial charge in [0.05, 0.1) is 6.26 Å². The van der Waals surface area contributed by atoms with Gasteiger partial charge in [0, 0.05) is 5.92 Å². The number of hydrogen-bond acceptors (Lipinski definition) is 3. The van der Waals surface area contributed by atoms with Crippen LogP contribution in [0, 0.1) is 17.8 Å². The number of amides is 1. The summed E-state index contributed by atoms with van der Waals surface area (Å²) < 4.78 is 21.6. The molecule has 0 aliphatic heterocycles. The molecule has 2 N–H and O–H groups in total. The first-order valence-corrected chi connectivity index (χ1v) is 7.29. The second-order valence-corrected chi connectivity index (χ2v) is 6.59. The maximum absolute atomic E-state index is 11.7. The summed E-state index contributed by atoms with van der Waals surface area (Å²) in [7, 11) is -3.39. The van der Waals surface area contributed by atoms with E-state index in [-0.39, 0.29) is 17.7 Å². The average molecular weight is 250 g/mol. The van der Waals surface area contributed by atoms with Crippen LogP contribution in [0.1, 0.15) is 34.1 Å². The highest BCUT2D eigenvalue weighted by atomic mass is 32.2. The zero-order valence-corrected chi connectivity index (χ0v) is 11.4. The second kappa shape index (κ2) is 6.20. The summed E-state index contributed by atoms with van der Waals surface area (Å²) in [4.78, 5) is 13.7. The molecular weight excluding hydrogens is 228 g/mol. The van der Waals surface area contributed by atoms with Crippen LogP contribution in [0.3, 0.4) is 0 Å². The van der Waals surface area contributed by atoms with Gasteiger partial charge in [-0.15, -0.1) is 4.83 Å². The van der Waals surface area contributed by atoms with E-state index in [1.54, 1.807) is 0 Å². The van der Waals surface area contributed by atoms with Crippen LogP contribution in [0.15, 0.2) is 0 Å². The molecule has 0 saturated carbocycles. The van der Waals surface area contributed by atoms with Crippen LogP contribution >= 0.6 is 0 Å². The molecule has 0 aliphatic rings. The SMILES string of the molecule is CC(C)CC(C(=O)NNS(C)(=O)=O)C(C)C. The van der Waals surface area contributed by atoms with Gasteiger partial charge in [-0.1, -0.05) is 27.7 Å². The predicted molar refractivity (Wildman–Crippen MR) is 63.9 cm³/mol. The Morgan fingerprint density at radius 3 is 2.00 bits per heavy atom. The molecule has 0 heterocycles. The van der Waals surface area contributed by atoms with E-state index in [2.05, 4.69) is 5.43 Å². The Labute approximate surface area is 98.0 Å². The van der Waals surface area contributed by atoms with Crippen molar-refractivity contribution in [2.45, 2.75) is 34.1 Å². The van der Waals surface area contributed by atoms with Gasteiger partial charge in [0.1, 0.15) is 0 Å². The van der Waals surface area contributed by atoms with E-state index in [1.165, 1.54) is 0 Å². The van der Waals surface area contributed by atoms with Gasteiger partial charge >= 0.3 is 0 Å². The van der Waals surface area contributed by atoms with Crippen LogP contribution in [0.5, 0.6) is 0 Å². The molecule has 6 heteroatoms. The molecule has 0 spiro atoms. The number of carbonyl (C=O) groups excluding carboxylic acids is 1. The highest BCUT2D eigenvalue weighted by molar-refractivity contribution is 7.88. The molecule has 96 valence electrons. The molecule has 0 rings (SSSR count). The zero-order valence-electron chi connectivity index (χ0n) is 10.6. The largest absolute Gasteiger partial charge is 0.278 e. The van der Waals surface area contributed by atoms with Crippen molar-refractivity contribution < 1.29 is 13.2 Å². The number of nitrogens with one attached hydrogen (secondary N) is 2. The molecule has 0 saturated heterocycles. The third kappa shape index (κ3) is 6.79. The fourth-order valence-corrected chi connectivity index (χ4v) is 1.71. The maximum atomic E-state index is 11.7. The second-order valence-electron chi connectivity index (χ2n) is 4.84. The molecule has 5 nitrogen and oxygen atoms in total. The highest BCUT2D eigenvalue weighted by Gasteiger charge is 2.23. The smallest absolute Gasteiger partial charge is 0.238 e. The lowest BCUT2D eigenvalue weighted by Crippen LogP contribution is -2.45. The molecule has 0 aromatic rings. The van der Waals surface area contributed by atoms with Crippen molar-refractivity contribution >= 4 is 15.9 Å². The van der Waals surface area contributed by atoms with Crippen LogP contribution in [0.25, 0.3) is 0 Å². The number of hydrazine groups is 1. The van der Waals surface area contributed by atoms with E-state index in [1.807, 2.05) is 32.5 Å². The first-order valence-electron chi connectivity index (χ1n) is 5.40. The van der Waals surface area contributed by atoms with Crippen LogP contribution in [0.4, 0.5) is 0 Å². The van der Waals surface area contributed by atoms with Crippen molar-refractivity contribution in [1.29, 1.82) is 0 Å². The van der Waals surface area contributed by atoms with Crippen LogP contribution < -0.4 is 10.3 Å². The minimum atomic E-state index is -3.39. The van der Waals surface area contributed by atoms with Gasteiger partial charge in [-0.2, -0.15) is 0 Å². The molecule has 0 aliphatic carbocycles. The molecule has 0 bridgehead atoms. The number of rotatable bonds is 6. The summed E-state index contributed by atoms with van der Waals surface area (Å²) in [6.45, 7) is 7.97. The Morgan fingerprint density at radius 1 is 1.19 bits per heavy atom. The fraction of sp³-hybridized carbons (Fsp3) is 0.900. The predicted octanol–water partition coefficient (Wildman–Crippen LogP) is 0.885. The third-order valence-corrected chi connectivity index (χ3v) is 2.70. The minimum absolute atomic E-state index is 0.172. The highest BCUT2D eigenvalue weighted by Crippen LogP contribution is 2.20. The van der Waals surface area contributed by atoms with Crippen molar-refractivity contribution in [3.8, 4) is 0 Å². The fourth-order valence-electron chi connectivity index (χ4n) is 1.43. The first kappa shape index (κ1) is 15.4. The molecular formula is C10H22N2O3S. The quantitative estimate of drug-likeness (QED) is 0.687. The van der Waals surface area contributed by atoms with Crippen LogP contribution in [-0.4, -0.2) is 20.6 Å². The van der Waals surface area contributed by atoms with Crippen molar-refractivity contribution in [2.24, 2.45) is 17.8 Å². The first-order chi connectivity index (χ1) is 7.13. The van der Waals surface area contributed by atoms with Crippen molar-refractivity contribution in [3.63, 3.8) is 0 Å². The maximum Gasteiger partial charge on any atom is 0.238 e. The van der Waals surface area contributed by atoms with Gasteiger partial charge in [-0.25, -0.2) is 8.42 Å². The minimum Gasteiger partial charge on any atom is -0.278 e. The van der Waals surface area contributed by atoms with E-state index in [0.29, 0.717) is 5.92 Å². The molecule has 0 aromatic heterocycles. The number of carbonyl (C=O) groups is 1. The van der Waals surface area contributed by atoms with Crippen molar-refractivity contribution in [2.75, 3.05) is 6.26 Å². The summed E-state index contributed by atoms with van der Waals surface area (Å²) in [6.07, 6.45) is 1.75. The lowest BCUT2D eigenvalue weighted by molar-refractivity contribution is -0.127. The number of sulfonamides is 1. The number of hydrogen-bond donors (Lipinski definition) is 2. The summed E-state index contributed by atoms with van der Waals surface area (Å²) in [6, 6.07) is 0. The Morgan fingerprint density at radius 2 is 1.69 bits per heavy atom. The molecule has 1 unspecified atom stereocenters. The van der Waals surface area contributed by atoms with Crippen LogP contribution in [0.2, 0.25) is 0 Å². The van der Waals surface area contributed by atoms with Crippen LogP contribution in [-0.2, 0) is 14.8 Å². The summed E-state index contributed by atoms with van der Waals surface area (Å²) in [5, 5.41) is 0. The van der Waals surface area contributed by atoms with Gasteiger partial charge in [0.15, 0.2) is 0 Å². The van der Waals surface area contributed by atoms with Gasteiger partial charge in [0.2, 0.25) is 15.9 Å². The molecule has 1 atom stereocenters. The normalized spacial score (nSPS) is 14.2. The molecule has 0 aromatic carbocycles. The van der Waals surface area contributed by atoms with Gasteiger partial charge < -0.3 is 0 Å². The van der Waals surface area contributed by atoms with Gasteiger partial charge in [-0.05, 0) is 18.3 Å². The Hall–Kier alpha value is -0.620. The Bertz CT molecular complexity index is 323. The monoisotopic (exact) mass is 250 g/mol. The van der Waals surface area contributed by atoms with Gasteiger partial charge in [0.25, 0.3) is 0 Å². The summed E-state index contributed by atoms with van der Waals surface area (Å²) in [5.41, 5.74) is 2.23. The third-order valence-electron chi connectivity index (χ3n) is 2.23. The van der Waals surface area contributed by atoms with Crippen molar-refractivity contribution in [3.05, 3.63) is 0 Å². The van der Waals surface area contributed by atoms with E-state index < -0.39 is 10.0 Å². The molecule has 16 heavy (non-hydrogen) atoms. The topological polar surface area (TPSA) is 75.3 Å². The summed E-state index contributed by atoms with van der Waals surface area (Å²) >= 11 is 0. The standard InChI is InChI=1S/C10H22N2O3S/c1-7(2)6-9(8(3)4)10(13)11-12-16(5,14)15/h7-9,12H,6H2,1-5H3,(H,11,13). The van der Waals surface area contributed by atoms with E-state index in [4.69, 9.17) is 0 Å². The van der Waals surface area contributed by atoms with E-state index in [0.717, 1.165) is 12.7 Å².